The quantitative estimate of drug-likeness (QED) is 0.938. The summed E-state index contributed by atoms with van der Waals surface area (Å²) in [6, 6.07) is 17.9. The summed E-state index contributed by atoms with van der Waals surface area (Å²) < 4.78 is 0. The fourth-order valence-electron chi connectivity index (χ4n) is 3.19. The van der Waals surface area contributed by atoms with Crippen molar-refractivity contribution in [1.82, 2.24) is 4.90 Å². The third-order valence-corrected chi connectivity index (χ3v) is 4.39. The van der Waals surface area contributed by atoms with E-state index in [0.29, 0.717) is 12.8 Å². The van der Waals surface area contributed by atoms with Crippen LogP contribution in [-0.4, -0.2) is 28.0 Å². The van der Waals surface area contributed by atoms with Gasteiger partial charge in [-0.25, -0.2) is 9.69 Å². The maximum Gasteiger partial charge on any atom is 0.414 e. The van der Waals surface area contributed by atoms with E-state index in [1.165, 1.54) is 0 Å². The van der Waals surface area contributed by atoms with Gasteiger partial charge in [-0.05, 0) is 29.5 Å². The molecule has 4 heteroatoms. The summed E-state index contributed by atoms with van der Waals surface area (Å²) in [5.41, 5.74) is 3.32. The number of nitrogens with zero attached hydrogens (tertiary/aromatic N) is 1. The molecule has 4 nitrogen and oxygen atoms in total. The maximum absolute atomic E-state index is 11.9. The molecule has 0 spiro atoms. The summed E-state index contributed by atoms with van der Waals surface area (Å²) in [4.78, 5) is 24.2. The maximum atomic E-state index is 11.9. The average molecular weight is 309 g/mol. The number of likely N-dealkylation sites (tertiary alicyclic amines) is 1. The molecule has 2 amide bonds. The molecule has 0 aliphatic carbocycles. The molecule has 1 fully saturated rings. The van der Waals surface area contributed by atoms with Crippen LogP contribution in [0.2, 0.25) is 0 Å². The van der Waals surface area contributed by atoms with Crippen LogP contribution in [0.3, 0.4) is 0 Å². The predicted molar refractivity (Wildman–Crippen MR) is 88.0 cm³/mol. The molecule has 0 radical (unpaired) electrons. The second-order valence-corrected chi connectivity index (χ2v) is 6.05. The summed E-state index contributed by atoms with van der Waals surface area (Å²) in [6.45, 7) is 1.79. The smallest absolute Gasteiger partial charge is 0.414 e. The van der Waals surface area contributed by atoms with E-state index in [9.17, 15) is 14.7 Å². The van der Waals surface area contributed by atoms with Gasteiger partial charge in [0.2, 0.25) is 5.91 Å². The van der Waals surface area contributed by atoms with Gasteiger partial charge in [0.1, 0.15) is 0 Å². The van der Waals surface area contributed by atoms with Crippen LogP contribution in [0.5, 0.6) is 0 Å². The van der Waals surface area contributed by atoms with Crippen LogP contribution in [0.15, 0.2) is 54.6 Å². The van der Waals surface area contributed by atoms with Gasteiger partial charge in [0.05, 0.1) is 0 Å². The van der Waals surface area contributed by atoms with Gasteiger partial charge in [-0.15, -0.1) is 0 Å². The van der Waals surface area contributed by atoms with Crippen molar-refractivity contribution >= 4 is 12.0 Å². The van der Waals surface area contributed by atoms with Crippen LogP contribution < -0.4 is 0 Å². The normalized spacial score (nSPS) is 20.7. The van der Waals surface area contributed by atoms with Gasteiger partial charge in [-0.1, -0.05) is 61.5 Å². The average Bonchev–Trinajstić information content (AvgIpc) is 2.83. The standard InChI is InChI=1S/C19H19NO3/c1-13-11-17(20(18(13)21)19(22)23)12-14-7-9-16(10-8-14)15-5-3-2-4-6-15/h2-10,13,17H,11-12H2,1H3,(H,22,23)/t13-,17+/m1/s1. The number of imide groups is 1. The van der Waals surface area contributed by atoms with Gasteiger partial charge < -0.3 is 5.11 Å². The third-order valence-electron chi connectivity index (χ3n) is 4.39. The Labute approximate surface area is 135 Å². The largest absolute Gasteiger partial charge is 0.465 e. The summed E-state index contributed by atoms with van der Waals surface area (Å²) in [5, 5.41) is 9.25. The zero-order chi connectivity index (χ0) is 16.4. The van der Waals surface area contributed by atoms with Gasteiger partial charge in [0, 0.05) is 12.0 Å². The van der Waals surface area contributed by atoms with Crippen molar-refractivity contribution < 1.29 is 14.7 Å². The van der Waals surface area contributed by atoms with Crippen molar-refractivity contribution in [2.24, 2.45) is 5.92 Å². The lowest BCUT2D eigenvalue weighted by molar-refractivity contribution is -0.129. The van der Waals surface area contributed by atoms with E-state index < -0.39 is 6.09 Å². The van der Waals surface area contributed by atoms with E-state index in [1.54, 1.807) is 6.92 Å². The number of amides is 2. The first-order valence-corrected chi connectivity index (χ1v) is 7.76. The van der Waals surface area contributed by atoms with Crippen molar-refractivity contribution in [3.05, 3.63) is 60.2 Å². The van der Waals surface area contributed by atoms with Crippen LogP contribution in [0.25, 0.3) is 11.1 Å². The minimum atomic E-state index is -1.15. The molecular weight excluding hydrogens is 290 g/mol. The van der Waals surface area contributed by atoms with Crippen LogP contribution in [-0.2, 0) is 11.2 Å². The molecular formula is C19H19NO3. The first kappa shape index (κ1) is 15.3. The molecule has 1 heterocycles. The Balaban J connectivity index is 1.76. The van der Waals surface area contributed by atoms with E-state index in [4.69, 9.17) is 0 Å². The fraction of sp³-hybridized carbons (Fsp3) is 0.263. The lowest BCUT2D eigenvalue weighted by Gasteiger charge is -2.19. The molecule has 0 unspecified atom stereocenters. The van der Waals surface area contributed by atoms with Gasteiger partial charge >= 0.3 is 6.09 Å². The molecule has 0 saturated carbocycles. The Morgan fingerprint density at radius 2 is 1.70 bits per heavy atom. The van der Waals surface area contributed by atoms with Crippen LogP contribution in [0, 0.1) is 5.92 Å². The Kier molecular flexibility index (Phi) is 4.15. The number of hydrogen-bond acceptors (Lipinski definition) is 2. The van der Waals surface area contributed by atoms with Gasteiger partial charge in [-0.3, -0.25) is 4.79 Å². The zero-order valence-corrected chi connectivity index (χ0v) is 13.0. The van der Waals surface area contributed by atoms with Crippen molar-refractivity contribution in [3.63, 3.8) is 0 Å². The predicted octanol–water partition coefficient (Wildman–Crippen LogP) is 3.81. The summed E-state index contributed by atoms with van der Waals surface area (Å²) in [5.74, 6) is -0.511. The molecule has 118 valence electrons. The minimum Gasteiger partial charge on any atom is -0.465 e. The topological polar surface area (TPSA) is 57.6 Å². The highest BCUT2D eigenvalue weighted by molar-refractivity contribution is 5.94. The number of hydrogen-bond donors (Lipinski definition) is 1. The number of rotatable bonds is 3. The monoisotopic (exact) mass is 309 g/mol. The lowest BCUT2D eigenvalue weighted by atomic mass is 9.98. The number of benzene rings is 2. The number of carbonyl (C=O) groups is 2. The molecule has 1 aliphatic heterocycles. The molecule has 2 aromatic rings. The third kappa shape index (κ3) is 3.11. The van der Waals surface area contributed by atoms with E-state index >= 15 is 0 Å². The number of carbonyl (C=O) groups excluding carboxylic acids is 1. The Hall–Kier alpha value is -2.62. The molecule has 2 atom stereocenters. The second kappa shape index (κ2) is 6.24. The van der Waals surface area contributed by atoms with E-state index in [-0.39, 0.29) is 17.9 Å². The summed E-state index contributed by atoms with van der Waals surface area (Å²) in [6.07, 6.45) is 0.00786. The Morgan fingerprint density at radius 1 is 1.09 bits per heavy atom. The first-order chi connectivity index (χ1) is 11.1. The lowest BCUT2D eigenvalue weighted by Crippen LogP contribution is -2.39. The highest BCUT2D eigenvalue weighted by Crippen LogP contribution is 2.28. The molecule has 0 bridgehead atoms. The Morgan fingerprint density at radius 3 is 2.30 bits per heavy atom. The fourth-order valence-corrected chi connectivity index (χ4v) is 3.19. The van der Waals surface area contributed by atoms with E-state index in [0.717, 1.165) is 21.6 Å². The molecule has 23 heavy (non-hydrogen) atoms. The van der Waals surface area contributed by atoms with Gasteiger partial charge in [-0.2, -0.15) is 0 Å². The van der Waals surface area contributed by atoms with Gasteiger partial charge in [0.15, 0.2) is 0 Å². The molecule has 1 aliphatic rings. The van der Waals surface area contributed by atoms with Crippen molar-refractivity contribution in [1.29, 1.82) is 0 Å². The van der Waals surface area contributed by atoms with E-state index in [2.05, 4.69) is 12.1 Å². The first-order valence-electron chi connectivity index (χ1n) is 7.76. The van der Waals surface area contributed by atoms with Crippen molar-refractivity contribution in [2.45, 2.75) is 25.8 Å². The van der Waals surface area contributed by atoms with Crippen LogP contribution >= 0.6 is 0 Å². The summed E-state index contributed by atoms with van der Waals surface area (Å²) in [7, 11) is 0. The van der Waals surface area contributed by atoms with Crippen LogP contribution in [0.4, 0.5) is 4.79 Å². The van der Waals surface area contributed by atoms with Crippen molar-refractivity contribution in [3.8, 4) is 11.1 Å². The van der Waals surface area contributed by atoms with Crippen molar-refractivity contribution in [2.75, 3.05) is 0 Å². The molecule has 3 rings (SSSR count). The zero-order valence-electron chi connectivity index (χ0n) is 13.0. The molecule has 0 aromatic heterocycles. The SMILES string of the molecule is C[C@@H]1C[C@@H](Cc2ccc(-c3ccccc3)cc2)N(C(=O)O)C1=O. The highest BCUT2D eigenvalue weighted by atomic mass is 16.4. The highest BCUT2D eigenvalue weighted by Gasteiger charge is 2.40. The number of carboxylic acid groups (broad SMARTS) is 1. The van der Waals surface area contributed by atoms with Gasteiger partial charge in [0.25, 0.3) is 0 Å². The summed E-state index contributed by atoms with van der Waals surface area (Å²) >= 11 is 0. The minimum absolute atomic E-state index is 0.223. The molecule has 1 N–H and O–H groups in total. The van der Waals surface area contributed by atoms with Crippen LogP contribution in [0.1, 0.15) is 18.9 Å². The van der Waals surface area contributed by atoms with E-state index in [1.807, 2.05) is 42.5 Å². The molecule has 2 aromatic carbocycles. The molecule has 1 saturated heterocycles. The Bertz CT molecular complexity index is 709. The second-order valence-electron chi connectivity index (χ2n) is 6.05.